The van der Waals surface area contributed by atoms with Crippen molar-refractivity contribution >= 4 is 0 Å². The van der Waals surface area contributed by atoms with Gasteiger partial charge in [0.1, 0.15) is 0 Å². The van der Waals surface area contributed by atoms with E-state index < -0.39 is 0 Å². The van der Waals surface area contributed by atoms with Gasteiger partial charge >= 0.3 is 0 Å². The molecule has 2 nitrogen and oxygen atoms in total. The van der Waals surface area contributed by atoms with Gasteiger partial charge in [0.05, 0.1) is 6.10 Å². The van der Waals surface area contributed by atoms with Gasteiger partial charge in [0, 0.05) is 18.6 Å². The van der Waals surface area contributed by atoms with E-state index in [1.165, 1.54) is 64.2 Å². The standard InChI is InChI=1S/C17H35NO/c1-4-6-7-8-9-10-11-12-16(18-3)15-13-14-19-17(15)5-2/h15-18H,4-14H2,1-3H3. The van der Waals surface area contributed by atoms with Crippen molar-refractivity contribution < 1.29 is 4.74 Å². The van der Waals surface area contributed by atoms with E-state index in [2.05, 4.69) is 26.2 Å². The Kier molecular flexibility index (Phi) is 9.54. The zero-order chi connectivity index (χ0) is 13.9. The number of hydrogen-bond donors (Lipinski definition) is 1. The molecule has 0 amide bonds. The fourth-order valence-electron chi connectivity index (χ4n) is 3.44. The highest BCUT2D eigenvalue weighted by atomic mass is 16.5. The maximum atomic E-state index is 5.83. The lowest BCUT2D eigenvalue weighted by Gasteiger charge is -2.26. The first-order valence-electron chi connectivity index (χ1n) is 8.62. The van der Waals surface area contributed by atoms with Gasteiger partial charge in [-0.15, -0.1) is 0 Å². The minimum absolute atomic E-state index is 0.502. The summed E-state index contributed by atoms with van der Waals surface area (Å²) in [6.45, 7) is 5.51. The lowest BCUT2D eigenvalue weighted by molar-refractivity contribution is 0.0770. The van der Waals surface area contributed by atoms with Crippen LogP contribution in [-0.4, -0.2) is 25.8 Å². The number of nitrogens with one attached hydrogen (secondary N) is 1. The Morgan fingerprint density at radius 1 is 1.05 bits per heavy atom. The third-order valence-electron chi connectivity index (χ3n) is 4.67. The SMILES string of the molecule is CCCCCCCCCC(NC)C1CCOC1CC. The summed E-state index contributed by atoms with van der Waals surface area (Å²) in [7, 11) is 2.12. The Hall–Kier alpha value is -0.0800. The molecule has 0 aromatic heterocycles. The molecule has 0 spiro atoms. The minimum Gasteiger partial charge on any atom is -0.378 e. The zero-order valence-corrected chi connectivity index (χ0v) is 13.4. The molecule has 19 heavy (non-hydrogen) atoms. The molecule has 1 N–H and O–H groups in total. The molecule has 0 saturated carbocycles. The van der Waals surface area contributed by atoms with Crippen LogP contribution in [0.2, 0.25) is 0 Å². The first-order valence-corrected chi connectivity index (χ1v) is 8.62. The zero-order valence-electron chi connectivity index (χ0n) is 13.4. The molecule has 2 heteroatoms. The van der Waals surface area contributed by atoms with Crippen LogP contribution in [-0.2, 0) is 4.74 Å². The molecule has 1 aliphatic heterocycles. The van der Waals surface area contributed by atoms with Gasteiger partial charge in [0.2, 0.25) is 0 Å². The van der Waals surface area contributed by atoms with E-state index in [0.717, 1.165) is 12.5 Å². The molecule has 0 aromatic carbocycles. The van der Waals surface area contributed by atoms with Gasteiger partial charge in [-0.1, -0.05) is 58.8 Å². The van der Waals surface area contributed by atoms with Crippen LogP contribution in [0.3, 0.4) is 0 Å². The maximum absolute atomic E-state index is 5.83. The second-order valence-corrected chi connectivity index (χ2v) is 6.08. The summed E-state index contributed by atoms with van der Waals surface area (Å²) in [6, 6.07) is 0.670. The smallest absolute Gasteiger partial charge is 0.0616 e. The molecule has 1 fully saturated rings. The number of hydrogen-bond acceptors (Lipinski definition) is 2. The normalized spacial score (nSPS) is 24.8. The molecule has 0 aromatic rings. The van der Waals surface area contributed by atoms with Crippen molar-refractivity contribution in [3.05, 3.63) is 0 Å². The molecule has 114 valence electrons. The topological polar surface area (TPSA) is 21.3 Å². The number of unbranched alkanes of at least 4 members (excludes halogenated alkanes) is 6. The Balaban J connectivity index is 2.11. The average Bonchev–Trinajstić information content (AvgIpc) is 2.90. The van der Waals surface area contributed by atoms with E-state index in [-0.39, 0.29) is 0 Å². The van der Waals surface area contributed by atoms with Crippen molar-refractivity contribution in [2.75, 3.05) is 13.7 Å². The average molecular weight is 269 g/mol. The fourth-order valence-corrected chi connectivity index (χ4v) is 3.44. The molecule has 1 heterocycles. The van der Waals surface area contributed by atoms with E-state index in [0.29, 0.717) is 12.1 Å². The Bertz CT molecular complexity index is 207. The summed E-state index contributed by atoms with van der Waals surface area (Å²) in [6.07, 6.45) is 14.1. The van der Waals surface area contributed by atoms with Crippen molar-refractivity contribution in [2.24, 2.45) is 5.92 Å². The van der Waals surface area contributed by atoms with Crippen LogP contribution in [0, 0.1) is 5.92 Å². The van der Waals surface area contributed by atoms with E-state index in [1.54, 1.807) is 0 Å². The predicted octanol–water partition coefficient (Wildman–Crippen LogP) is 4.53. The third-order valence-corrected chi connectivity index (χ3v) is 4.67. The Labute approximate surface area is 120 Å². The quantitative estimate of drug-likeness (QED) is 0.556. The van der Waals surface area contributed by atoms with Gasteiger partial charge in [-0.2, -0.15) is 0 Å². The molecular formula is C17H35NO. The van der Waals surface area contributed by atoms with Gasteiger partial charge in [-0.05, 0) is 26.3 Å². The Morgan fingerprint density at radius 2 is 1.74 bits per heavy atom. The van der Waals surface area contributed by atoms with Crippen molar-refractivity contribution in [2.45, 2.75) is 90.2 Å². The fraction of sp³-hybridized carbons (Fsp3) is 1.00. The van der Waals surface area contributed by atoms with Crippen molar-refractivity contribution in [3.63, 3.8) is 0 Å². The first-order chi connectivity index (χ1) is 9.33. The second kappa shape index (κ2) is 10.7. The number of ether oxygens (including phenoxy) is 1. The van der Waals surface area contributed by atoms with Gasteiger partial charge in [0.15, 0.2) is 0 Å². The van der Waals surface area contributed by atoms with E-state index in [9.17, 15) is 0 Å². The van der Waals surface area contributed by atoms with Crippen LogP contribution in [0.1, 0.15) is 78.1 Å². The van der Waals surface area contributed by atoms with Crippen LogP contribution in [0.15, 0.2) is 0 Å². The highest BCUT2D eigenvalue weighted by Gasteiger charge is 2.32. The maximum Gasteiger partial charge on any atom is 0.0616 e. The molecule has 1 aliphatic rings. The van der Waals surface area contributed by atoms with Crippen LogP contribution in [0.25, 0.3) is 0 Å². The second-order valence-electron chi connectivity index (χ2n) is 6.08. The van der Waals surface area contributed by atoms with Crippen LogP contribution in [0.5, 0.6) is 0 Å². The summed E-state index contributed by atoms with van der Waals surface area (Å²) in [4.78, 5) is 0. The highest BCUT2D eigenvalue weighted by Crippen LogP contribution is 2.28. The van der Waals surface area contributed by atoms with E-state index >= 15 is 0 Å². The number of rotatable bonds is 11. The van der Waals surface area contributed by atoms with Crippen molar-refractivity contribution in [1.29, 1.82) is 0 Å². The molecule has 3 unspecified atom stereocenters. The molecule has 0 aliphatic carbocycles. The van der Waals surface area contributed by atoms with Gasteiger partial charge in [0.25, 0.3) is 0 Å². The van der Waals surface area contributed by atoms with E-state index in [1.807, 2.05) is 0 Å². The minimum atomic E-state index is 0.502. The first kappa shape index (κ1) is 17.0. The van der Waals surface area contributed by atoms with Crippen LogP contribution in [0.4, 0.5) is 0 Å². The monoisotopic (exact) mass is 269 g/mol. The molecule has 3 atom stereocenters. The predicted molar refractivity (Wildman–Crippen MR) is 83.6 cm³/mol. The van der Waals surface area contributed by atoms with Gasteiger partial charge in [-0.25, -0.2) is 0 Å². The third kappa shape index (κ3) is 6.27. The largest absolute Gasteiger partial charge is 0.378 e. The lowest BCUT2D eigenvalue weighted by Crippen LogP contribution is -2.37. The van der Waals surface area contributed by atoms with Crippen molar-refractivity contribution in [3.8, 4) is 0 Å². The molecule has 0 radical (unpaired) electrons. The summed E-state index contributed by atoms with van der Waals surface area (Å²) in [5, 5.41) is 3.54. The molecular weight excluding hydrogens is 234 g/mol. The van der Waals surface area contributed by atoms with Crippen molar-refractivity contribution in [1.82, 2.24) is 5.32 Å². The molecule has 1 saturated heterocycles. The summed E-state index contributed by atoms with van der Waals surface area (Å²) in [5.41, 5.74) is 0. The highest BCUT2D eigenvalue weighted by molar-refractivity contribution is 4.85. The molecule has 0 bridgehead atoms. The molecule has 1 rings (SSSR count). The van der Waals surface area contributed by atoms with E-state index in [4.69, 9.17) is 4.74 Å². The van der Waals surface area contributed by atoms with Gasteiger partial charge < -0.3 is 10.1 Å². The van der Waals surface area contributed by atoms with Crippen LogP contribution >= 0.6 is 0 Å². The van der Waals surface area contributed by atoms with Crippen LogP contribution < -0.4 is 5.32 Å². The Morgan fingerprint density at radius 3 is 2.37 bits per heavy atom. The summed E-state index contributed by atoms with van der Waals surface area (Å²) in [5.74, 6) is 0.745. The van der Waals surface area contributed by atoms with Gasteiger partial charge in [-0.3, -0.25) is 0 Å². The lowest BCUT2D eigenvalue weighted by atomic mass is 9.88. The summed E-state index contributed by atoms with van der Waals surface area (Å²) >= 11 is 0. The summed E-state index contributed by atoms with van der Waals surface area (Å²) < 4.78 is 5.83.